The van der Waals surface area contributed by atoms with E-state index in [9.17, 15) is 4.79 Å². The average Bonchev–Trinajstić information content (AvgIpc) is 2.64. The molecule has 2 rings (SSSR count). The van der Waals surface area contributed by atoms with Crippen LogP contribution >= 0.6 is 12.4 Å². The molecular formula is C19H31ClN2O3. The Morgan fingerprint density at radius 3 is 2.48 bits per heavy atom. The van der Waals surface area contributed by atoms with Gasteiger partial charge in [-0.25, -0.2) is 0 Å². The molecule has 1 saturated carbocycles. The van der Waals surface area contributed by atoms with Crippen LogP contribution in [-0.2, 0) is 4.74 Å². The van der Waals surface area contributed by atoms with E-state index in [4.69, 9.17) is 15.2 Å². The van der Waals surface area contributed by atoms with Crippen molar-refractivity contribution in [1.82, 2.24) is 5.32 Å². The molecule has 1 aliphatic rings. The second-order valence-corrected chi connectivity index (χ2v) is 6.43. The van der Waals surface area contributed by atoms with E-state index in [1.807, 2.05) is 12.1 Å². The SMILES string of the molecule is COCCCOc1ccc(C(=O)NC(CN)C2CCCCC2)cc1.Cl. The van der Waals surface area contributed by atoms with Crippen LogP contribution in [0.5, 0.6) is 5.75 Å². The lowest BCUT2D eigenvalue weighted by molar-refractivity contribution is 0.0915. The second-order valence-electron chi connectivity index (χ2n) is 6.43. The molecule has 1 atom stereocenters. The van der Waals surface area contributed by atoms with Crippen LogP contribution in [0.4, 0.5) is 0 Å². The van der Waals surface area contributed by atoms with Gasteiger partial charge in [-0.1, -0.05) is 19.3 Å². The Labute approximate surface area is 157 Å². The number of nitrogens with one attached hydrogen (secondary N) is 1. The summed E-state index contributed by atoms with van der Waals surface area (Å²) in [7, 11) is 1.68. The molecule has 0 spiro atoms. The third-order valence-corrected chi connectivity index (χ3v) is 4.67. The Kier molecular flexibility index (Phi) is 10.5. The highest BCUT2D eigenvalue weighted by Gasteiger charge is 2.24. The maximum absolute atomic E-state index is 12.4. The van der Waals surface area contributed by atoms with Gasteiger partial charge in [-0.15, -0.1) is 12.4 Å². The smallest absolute Gasteiger partial charge is 0.251 e. The van der Waals surface area contributed by atoms with Crippen LogP contribution in [0, 0.1) is 5.92 Å². The van der Waals surface area contributed by atoms with Crippen molar-refractivity contribution >= 4 is 18.3 Å². The summed E-state index contributed by atoms with van der Waals surface area (Å²) in [5, 5.41) is 3.11. The van der Waals surface area contributed by atoms with E-state index in [1.54, 1.807) is 19.2 Å². The van der Waals surface area contributed by atoms with Gasteiger partial charge in [-0.3, -0.25) is 4.79 Å². The van der Waals surface area contributed by atoms with E-state index in [0.717, 1.165) is 25.0 Å². The van der Waals surface area contributed by atoms with E-state index in [-0.39, 0.29) is 24.4 Å². The minimum absolute atomic E-state index is 0. The minimum atomic E-state index is -0.0537. The molecule has 142 valence electrons. The highest BCUT2D eigenvalue weighted by Crippen LogP contribution is 2.26. The molecule has 0 radical (unpaired) electrons. The Bertz CT molecular complexity index is 490. The van der Waals surface area contributed by atoms with Crippen LogP contribution in [0.2, 0.25) is 0 Å². The standard InChI is InChI=1S/C19H30N2O3.ClH/c1-23-12-5-13-24-17-10-8-16(9-11-17)19(22)21-18(14-20)15-6-3-2-4-7-15;/h8-11,15,18H,2-7,12-14,20H2,1H3,(H,21,22);1H. The molecular weight excluding hydrogens is 340 g/mol. The molecule has 1 aliphatic carbocycles. The maximum atomic E-state index is 12.4. The van der Waals surface area contributed by atoms with E-state index < -0.39 is 0 Å². The van der Waals surface area contributed by atoms with Crippen molar-refractivity contribution in [2.75, 3.05) is 26.9 Å². The molecule has 6 heteroatoms. The first-order valence-corrected chi connectivity index (χ1v) is 8.97. The van der Waals surface area contributed by atoms with Gasteiger partial charge in [-0.05, 0) is 43.0 Å². The van der Waals surface area contributed by atoms with Crippen LogP contribution in [0.15, 0.2) is 24.3 Å². The summed E-state index contributed by atoms with van der Waals surface area (Å²) in [6.45, 7) is 1.79. The number of amides is 1. The number of hydrogen-bond acceptors (Lipinski definition) is 4. The van der Waals surface area contributed by atoms with Gasteiger partial charge in [0.25, 0.3) is 5.91 Å². The van der Waals surface area contributed by atoms with E-state index in [2.05, 4.69) is 5.32 Å². The zero-order valence-electron chi connectivity index (χ0n) is 15.0. The van der Waals surface area contributed by atoms with Crippen molar-refractivity contribution in [3.8, 4) is 5.75 Å². The van der Waals surface area contributed by atoms with Gasteiger partial charge in [0.2, 0.25) is 0 Å². The summed E-state index contributed by atoms with van der Waals surface area (Å²) in [6.07, 6.45) is 6.96. The fourth-order valence-electron chi connectivity index (χ4n) is 3.25. The zero-order chi connectivity index (χ0) is 17.2. The number of hydrogen-bond donors (Lipinski definition) is 2. The van der Waals surface area contributed by atoms with Crippen molar-refractivity contribution in [3.63, 3.8) is 0 Å². The molecule has 1 aromatic rings. The van der Waals surface area contributed by atoms with Crippen molar-refractivity contribution in [2.45, 2.75) is 44.6 Å². The van der Waals surface area contributed by atoms with Gasteiger partial charge in [-0.2, -0.15) is 0 Å². The van der Waals surface area contributed by atoms with E-state index >= 15 is 0 Å². The van der Waals surface area contributed by atoms with Gasteiger partial charge in [0.1, 0.15) is 5.75 Å². The Balaban J connectivity index is 0.00000312. The first-order valence-electron chi connectivity index (χ1n) is 8.97. The molecule has 1 amide bonds. The molecule has 1 fully saturated rings. The quantitative estimate of drug-likeness (QED) is 0.655. The summed E-state index contributed by atoms with van der Waals surface area (Å²) in [5.41, 5.74) is 6.54. The molecule has 0 bridgehead atoms. The highest BCUT2D eigenvalue weighted by molar-refractivity contribution is 5.94. The predicted molar refractivity (Wildman–Crippen MR) is 103 cm³/mol. The largest absolute Gasteiger partial charge is 0.494 e. The highest BCUT2D eigenvalue weighted by atomic mass is 35.5. The fraction of sp³-hybridized carbons (Fsp3) is 0.632. The summed E-state index contributed by atoms with van der Waals surface area (Å²) >= 11 is 0. The lowest BCUT2D eigenvalue weighted by Gasteiger charge is -2.30. The Morgan fingerprint density at radius 1 is 1.20 bits per heavy atom. The molecule has 0 heterocycles. The van der Waals surface area contributed by atoms with Crippen molar-refractivity contribution in [2.24, 2.45) is 11.7 Å². The molecule has 5 nitrogen and oxygen atoms in total. The summed E-state index contributed by atoms with van der Waals surface area (Å²) in [4.78, 5) is 12.4. The van der Waals surface area contributed by atoms with Crippen LogP contribution in [-0.4, -0.2) is 38.8 Å². The number of halogens is 1. The second kappa shape index (κ2) is 12.1. The lowest BCUT2D eigenvalue weighted by Crippen LogP contribution is -2.45. The normalized spacial score (nSPS) is 15.9. The number of carbonyl (C=O) groups is 1. The number of rotatable bonds is 9. The monoisotopic (exact) mass is 370 g/mol. The van der Waals surface area contributed by atoms with Crippen molar-refractivity contribution < 1.29 is 14.3 Å². The van der Waals surface area contributed by atoms with E-state index in [1.165, 1.54) is 19.3 Å². The molecule has 3 N–H and O–H groups in total. The van der Waals surface area contributed by atoms with E-state index in [0.29, 0.717) is 31.2 Å². The predicted octanol–water partition coefficient (Wildman–Crippen LogP) is 3.16. The Morgan fingerprint density at radius 2 is 1.88 bits per heavy atom. The zero-order valence-corrected chi connectivity index (χ0v) is 15.9. The molecule has 1 aromatic carbocycles. The molecule has 1 unspecified atom stereocenters. The van der Waals surface area contributed by atoms with Crippen LogP contribution in [0.3, 0.4) is 0 Å². The number of nitrogens with two attached hydrogens (primary N) is 1. The van der Waals surface area contributed by atoms with Gasteiger partial charge in [0.15, 0.2) is 0 Å². The number of benzene rings is 1. The summed E-state index contributed by atoms with van der Waals surface area (Å²) in [6, 6.07) is 7.34. The Hall–Kier alpha value is -1.30. The molecule has 0 aliphatic heterocycles. The average molecular weight is 371 g/mol. The first kappa shape index (κ1) is 21.7. The molecule has 0 aromatic heterocycles. The topological polar surface area (TPSA) is 73.6 Å². The van der Waals surface area contributed by atoms with Crippen molar-refractivity contribution in [1.29, 1.82) is 0 Å². The van der Waals surface area contributed by atoms with Crippen LogP contribution in [0.25, 0.3) is 0 Å². The van der Waals surface area contributed by atoms with Crippen LogP contribution in [0.1, 0.15) is 48.9 Å². The maximum Gasteiger partial charge on any atom is 0.251 e. The fourth-order valence-corrected chi connectivity index (χ4v) is 3.25. The van der Waals surface area contributed by atoms with Gasteiger partial charge >= 0.3 is 0 Å². The lowest BCUT2D eigenvalue weighted by atomic mass is 9.84. The van der Waals surface area contributed by atoms with Gasteiger partial charge in [0.05, 0.1) is 6.61 Å². The minimum Gasteiger partial charge on any atom is -0.494 e. The van der Waals surface area contributed by atoms with Crippen molar-refractivity contribution in [3.05, 3.63) is 29.8 Å². The molecule has 25 heavy (non-hydrogen) atoms. The number of methoxy groups -OCH3 is 1. The number of carbonyl (C=O) groups excluding carboxylic acids is 1. The summed E-state index contributed by atoms with van der Waals surface area (Å²) in [5.74, 6) is 1.23. The van der Waals surface area contributed by atoms with Gasteiger partial charge < -0.3 is 20.5 Å². The molecule has 0 saturated heterocycles. The van der Waals surface area contributed by atoms with Crippen LogP contribution < -0.4 is 15.8 Å². The third-order valence-electron chi connectivity index (χ3n) is 4.67. The number of ether oxygens (including phenoxy) is 2. The third kappa shape index (κ3) is 7.22. The van der Waals surface area contributed by atoms with Gasteiger partial charge in [0, 0.05) is 38.3 Å². The first-order chi connectivity index (χ1) is 11.7. The summed E-state index contributed by atoms with van der Waals surface area (Å²) < 4.78 is 10.6.